The number of carbonyl (C=O) groups is 1. The van der Waals surface area contributed by atoms with E-state index in [9.17, 15) is 4.79 Å². The molecule has 14 heavy (non-hydrogen) atoms. The molecule has 0 bridgehead atoms. The van der Waals surface area contributed by atoms with Crippen LogP contribution < -0.4 is 0 Å². The summed E-state index contributed by atoms with van der Waals surface area (Å²) in [5.41, 5.74) is 0. The first-order valence-electron chi connectivity index (χ1n) is 5.49. The summed E-state index contributed by atoms with van der Waals surface area (Å²) >= 11 is 0. The van der Waals surface area contributed by atoms with Crippen LogP contribution in [0.3, 0.4) is 0 Å². The van der Waals surface area contributed by atoms with Gasteiger partial charge in [0.05, 0.1) is 5.92 Å². The van der Waals surface area contributed by atoms with Crippen molar-refractivity contribution in [2.24, 2.45) is 17.8 Å². The molecule has 1 aliphatic rings. The molecular formula is C11H21NO2. The Morgan fingerprint density at radius 3 is 2.43 bits per heavy atom. The van der Waals surface area contributed by atoms with Gasteiger partial charge in [0.25, 0.3) is 0 Å². The predicted octanol–water partition coefficient (Wildman–Crippen LogP) is 1.68. The smallest absolute Gasteiger partial charge is 0.308 e. The second-order valence-corrected chi connectivity index (χ2v) is 4.68. The molecule has 0 aromatic heterocycles. The van der Waals surface area contributed by atoms with E-state index in [4.69, 9.17) is 5.11 Å². The predicted molar refractivity (Wildman–Crippen MR) is 56.2 cm³/mol. The number of rotatable bonds is 5. The van der Waals surface area contributed by atoms with Crippen LogP contribution in [0.2, 0.25) is 0 Å². The van der Waals surface area contributed by atoms with Gasteiger partial charge in [-0.3, -0.25) is 4.79 Å². The quantitative estimate of drug-likeness (QED) is 0.732. The van der Waals surface area contributed by atoms with Crippen molar-refractivity contribution in [3.63, 3.8) is 0 Å². The summed E-state index contributed by atoms with van der Waals surface area (Å²) in [6, 6.07) is 0. The van der Waals surface area contributed by atoms with Gasteiger partial charge in [0.1, 0.15) is 0 Å². The first-order chi connectivity index (χ1) is 6.54. The summed E-state index contributed by atoms with van der Waals surface area (Å²) in [6.45, 7) is 9.06. The monoisotopic (exact) mass is 199 g/mol. The van der Waals surface area contributed by atoms with Gasteiger partial charge < -0.3 is 10.0 Å². The lowest BCUT2D eigenvalue weighted by atomic mass is 9.91. The number of nitrogens with zero attached hydrogens (tertiary/aromatic N) is 1. The molecule has 1 unspecified atom stereocenters. The van der Waals surface area contributed by atoms with Crippen molar-refractivity contribution in [2.75, 3.05) is 19.6 Å². The maximum absolute atomic E-state index is 10.9. The van der Waals surface area contributed by atoms with Gasteiger partial charge in [0, 0.05) is 19.6 Å². The Morgan fingerprint density at radius 2 is 2.07 bits per heavy atom. The number of hydrogen-bond donors (Lipinski definition) is 1. The second-order valence-electron chi connectivity index (χ2n) is 4.68. The Kier molecular flexibility index (Phi) is 3.93. The molecule has 1 saturated heterocycles. The Hall–Kier alpha value is -0.570. The number of likely N-dealkylation sites (tertiary alicyclic amines) is 1. The fourth-order valence-electron chi connectivity index (χ4n) is 1.94. The van der Waals surface area contributed by atoms with Crippen LogP contribution in [0.5, 0.6) is 0 Å². The summed E-state index contributed by atoms with van der Waals surface area (Å²) in [7, 11) is 0. The minimum atomic E-state index is -0.653. The van der Waals surface area contributed by atoms with E-state index < -0.39 is 5.97 Å². The van der Waals surface area contributed by atoms with Gasteiger partial charge in [-0.1, -0.05) is 27.2 Å². The molecule has 1 atom stereocenters. The maximum atomic E-state index is 10.9. The molecular weight excluding hydrogens is 178 g/mol. The van der Waals surface area contributed by atoms with E-state index in [0.29, 0.717) is 0 Å². The van der Waals surface area contributed by atoms with E-state index in [1.54, 1.807) is 0 Å². The van der Waals surface area contributed by atoms with Crippen molar-refractivity contribution in [2.45, 2.75) is 27.2 Å². The van der Waals surface area contributed by atoms with E-state index in [1.165, 1.54) is 6.42 Å². The zero-order valence-corrected chi connectivity index (χ0v) is 9.36. The third-order valence-electron chi connectivity index (χ3n) is 3.19. The maximum Gasteiger partial charge on any atom is 0.308 e. The molecule has 1 heterocycles. The van der Waals surface area contributed by atoms with E-state index in [-0.39, 0.29) is 11.8 Å². The molecule has 0 radical (unpaired) electrons. The highest BCUT2D eigenvalue weighted by Crippen LogP contribution is 2.22. The first-order valence-corrected chi connectivity index (χ1v) is 5.49. The summed E-state index contributed by atoms with van der Waals surface area (Å²) in [4.78, 5) is 13.2. The van der Waals surface area contributed by atoms with Crippen LogP contribution in [0.4, 0.5) is 0 Å². The highest BCUT2D eigenvalue weighted by Gasteiger charge is 2.30. The van der Waals surface area contributed by atoms with Crippen LogP contribution in [0.15, 0.2) is 0 Å². The molecule has 1 rings (SSSR count). The number of hydrogen-bond acceptors (Lipinski definition) is 2. The van der Waals surface area contributed by atoms with E-state index in [0.717, 1.165) is 25.6 Å². The fraction of sp³-hybridized carbons (Fsp3) is 0.909. The number of carboxylic acids is 1. The third-order valence-corrected chi connectivity index (χ3v) is 3.19. The Morgan fingerprint density at radius 1 is 1.50 bits per heavy atom. The molecule has 82 valence electrons. The Balaban J connectivity index is 2.32. The van der Waals surface area contributed by atoms with Crippen molar-refractivity contribution in [1.82, 2.24) is 4.90 Å². The van der Waals surface area contributed by atoms with Gasteiger partial charge in [-0.15, -0.1) is 0 Å². The summed E-state index contributed by atoms with van der Waals surface area (Å²) in [5.74, 6) is 0.178. The van der Waals surface area contributed by atoms with Crippen molar-refractivity contribution in [3.05, 3.63) is 0 Å². The lowest BCUT2D eigenvalue weighted by molar-refractivity contribution is -0.144. The van der Waals surface area contributed by atoms with E-state index in [1.807, 2.05) is 13.8 Å². The van der Waals surface area contributed by atoms with Crippen molar-refractivity contribution in [1.29, 1.82) is 0 Å². The second kappa shape index (κ2) is 4.78. The minimum Gasteiger partial charge on any atom is -0.481 e. The summed E-state index contributed by atoms with van der Waals surface area (Å²) < 4.78 is 0. The van der Waals surface area contributed by atoms with Crippen LogP contribution in [-0.4, -0.2) is 35.6 Å². The molecule has 0 aromatic rings. The van der Waals surface area contributed by atoms with Crippen LogP contribution in [-0.2, 0) is 4.79 Å². The minimum absolute atomic E-state index is 0.201. The van der Waals surface area contributed by atoms with E-state index in [2.05, 4.69) is 11.8 Å². The van der Waals surface area contributed by atoms with Crippen LogP contribution in [0.25, 0.3) is 0 Å². The van der Waals surface area contributed by atoms with Crippen LogP contribution >= 0.6 is 0 Å². The Bertz CT molecular complexity index is 197. The van der Waals surface area contributed by atoms with Crippen molar-refractivity contribution in [3.8, 4) is 0 Å². The number of carboxylic acid groups (broad SMARTS) is 1. The lowest BCUT2D eigenvalue weighted by Gasteiger charge is -2.40. The van der Waals surface area contributed by atoms with Gasteiger partial charge in [-0.05, 0) is 11.8 Å². The van der Waals surface area contributed by atoms with Crippen LogP contribution in [0, 0.1) is 17.8 Å². The Labute approximate surface area is 86.1 Å². The molecule has 3 heteroatoms. The fourth-order valence-corrected chi connectivity index (χ4v) is 1.94. The molecule has 3 nitrogen and oxygen atoms in total. The number of aliphatic carboxylic acids is 1. The zero-order valence-electron chi connectivity index (χ0n) is 9.36. The summed E-state index contributed by atoms with van der Waals surface area (Å²) in [6.07, 6.45) is 1.22. The first kappa shape index (κ1) is 11.5. The van der Waals surface area contributed by atoms with Crippen molar-refractivity contribution >= 4 is 5.97 Å². The van der Waals surface area contributed by atoms with Gasteiger partial charge in [-0.25, -0.2) is 0 Å². The van der Waals surface area contributed by atoms with Crippen LogP contribution in [0.1, 0.15) is 27.2 Å². The van der Waals surface area contributed by atoms with Gasteiger partial charge in [0.15, 0.2) is 0 Å². The van der Waals surface area contributed by atoms with E-state index >= 15 is 0 Å². The lowest BCUT2D eigenvalue weighted by Crippen LogP contribution is -2.50. The standard InChI is InChI=1S/C11H21NO2/c1-4-9-5-12(6-9)7-10(8(2)3)11(13)14/h8-10H,4-7H2,1-3H3,(H,13,14). The molecule has 1 fully saturated rings. The summed E-state index contributed by atoms with van der Waals surface area (Å²) in [5, 5.41) is 9.01. The molecule has 0 aliphatic carbocycles. The van der Waals surface area contributed by atoms with Gasteiger partial charge >= 0.3 is 5.97 Å². The molecule has 0 amide bonds. The average Bonchev–Trinajstić information content (AvgIpc) is 2.00. The topological polar surface area (TPSA) is 40.5 Å². The molecule has 1 N–H and O–H groups in total. The third kappa shape index (κ3) is 2.71. The zero-order chi connectivity index (χ0) is 10.7. The highest BCUT2D eigenvalue weighted by atomic mass is 16.4. The molecule has 0 aromatic carbocycles. The molecule has 1 aliphatic heterocycles. The SMILES string of the molecule is CCC1CN(CC(C(=O)O)C(C)C)C1. The van der Waals surface area contributed by atoms with Gasteiger partial charge in [-0.2, -0.15) is 0 Å². The van der Waals surface area contributed by atoms with Gasteiger partial charge in [0.2, 0.25) is 0 Å². The normalized spacial score (nSPS) is 20.9. The van der Waals surface area contributed by atoms with Crippen molar-refractivity contribution < 1.29 is 9.90 Å². The average molecular weight is 199 g/mol. The largest absolute Gasteiger partial charge is 0.481 e. The molecule has 0 spiro atoms. The highest BCUT2D eigenvalue weighted by molar-refractivity contribution is 5.70. The molecule has 0 saturated carbocycles.